The first-order valence-electron chi connectivity index (χ1n) is 4.30. The average Bonchev–Trinajstić information content (AvgIpc) is 2.58. The number of hydrogen-bond donors (Lipinski definition) is 0. The molecule has 0 saturated heterocycles. The van der Waals surface area contributed by atoms with Gasteiger partial charge in [-0.2, -0.15) is 0 Å². The third-order valence-corrected chi connectivity index (χ3v) is 2.11. The van der Waals surface area contributed by atoms with E-state index in [-0.39, 0.29) is 12.4 Å². The van der Waals surface area contributed by atoms with Crippen LogP contribution in [0, 0.1) is 0 Å². The van der Waals surface area contributed by atoms with Crippen molar-refractivity contribution in [1.29, 1.82) is 0 Å². The van der Waals surface area contributed by atoms with Gasteiger partial charge in [-0.1, -0.05) is 6.07 Å². The summed E-state index contributed by atoms with van der Waals surface area (Å²) in [6.45, 7) is 0.502. The quantitative estimate of drug-likeness (QED) is 0.718. The fourth-order valence-electron chi connectivity index (χ4n) is 1.39. The van der Waals surface area contributed by atoms with Crippen LogP contribution in [-0.2, 0) is 0 Å². The number of rotatable bonds is 3. The highest BCUT2D eigenvalue weighted by Gasteiger charge is 2.25. The van der Waals surface area contributed by atoms with Gasteiger partial charge in [0, 0.05) is 0 Å². The Hall–Kier alpha value is -1.22. The van der Waals surface area contributed by atoms with Crippen molar-refractivity contribution in [3.05, 3.63) is 23.8 Å². The van der Waals surface area contributed by atoms with Crippen LogP contribution in [0.25, 0.3) is 0 Å². The highest BCUT2D eigenvalue weighted by Crippen LogP contribution is 2.32. The van der Waals surface area contributed by atoms with E-state index in [1.807, 2.05) is 0 Å². The van der Waals surface area contributed by atoms with Crippen LogP contribution in [0.4, 0.5) is 0 Å². The molecule has 1 heterocycles. The molecule has 3 nitrogen and oxygen atoms in total. The summed E-state index contributed by atoms with van der Waals surface area (Å²) in [6.07, 6.45) is 0. The maximum Gasteiger partial charge on any atom is 0.207 e. The lowest BCUT2D eigenvalue weighted by molar-refractivity contribution is 0.0959. The first-order chi connectivity index (χ1) is 6.83. The minimum atomic E-state index is -0.0369. The van der Waals surface area contributed by atoms with Crippen molar-refractivity contribution in [3.63, 3.8) is 0 Å². The van der Waals surface area contributed by atoms with Crippen molar-refractivity contribution in [2.45, 2.75) is 0 Å². The molecule has 2 rings (SSSR count). The second-order valence-corrected chi connectivity index (χ2v) is 3.26. The second kappa shape index (κ2) is 3.88. The SMILES string of the molecule is O=C1COc2cccc(OCCCl)c21. The molecule has 0 radical (unpaired) electrons. The van der Waals surface area contributed by atoms with Crippen molar-refractivity contribution in [2.75, 3.05) is 19.1 Å². The van der Waals surface area contributed by atoms with E-state index >= 15 is 0 Å². The van der Waals surface area contributed by atoms with E-state index < -0.39 is 0 Å². The molecule has 0 fully saturated rings. The Morgan fingerprint density at radius 2 is 2.36 bits per heavy atom. The molecule has 4 heteroatoms. The summed E-state index contributed by atoms with van der Waals surface area (Å²) in [5.74, 6) is 1.52. The number of fused-ring (bicyclic) bond motifs is 1. The topological polar surface area (TPSA) is 35.5 Å². The van der Waals surface area contributed by atoms with Crippen LogP contribution in [0.1, 0.15) is 10.4 Å². The molecular weight excluding hydrogens is 204 g/mol. The molecule has 0 amide bonds. The maximum absolute atomic E-state index is 11.4. The molecule has 14 heavy (non-hydrogen) atoms. The Morgan fingerprint density at radius 1 is 1.50 bits per heavy atom. The number of benzene rings is 1. The van der Waals surface area contributed by atoms with Crippen molar-refractivity contribution in [3.8, 4) is 11.5 Å². The Balaban J connectivity index is 2.32. The zero-order chi connectivity index (χ0) is 9.97. The molecular formula is C10H9ClO3. The number of alkyl halides is 1. The van der Waals surface area contributed by atoms with Crippen molar-refractivity contribution in [2.24, 2.45) is 0 Å². The Kier molecular flexibility index (Phi) is 2.59. The van der Waals surface area contributed by atoms with E-state index in [0.29, 0.717) is 29.5 Å². The molecule has 0 spiro atoms. The molecule has 0 bridgehead atoms. The van der Waals surface area contributed by atoms with Gasteiger partial charge in [-0.15, -0.1) is 11.6 Å². The van der Waals surface area contributed by atoms with Gasteiger partial charge < -0.3 is 9.47 Å². The van der Waals surface area contributed by atoms with Gasteiger partial charge in [0.05, 0.1) is 5.88 Å². The normalized spacial score (nSPS) is 13.6. The molecule has 0 aromatic heterocycles. The van der Waals surface area contributed by atoms with Gasteiger partial charge in [0.2, 0.25) is 5.78 Å². The number of Topliss-reactive ketones (excluding diaryl/α,β-unsaturated/α-hetero) is 1. The van der Waals surface area contributed by atoms with Crippen LogP contribution < -0.4 is 9.47 Å². The van der Waals surface area contributed by atoms with Gasteiger partial charge in [0.15, 0.2) is 6.61 Å². The summed E-state index contributed by atoms with van der Waals surface area (Å²) < 4.78 is 10.5. The Labute approximate surface area is 86.6 Å². The fraction of sp³-hybridized carbons (Fsp3) is 0.300. The van der Waals surface area contributed by atoms with E-state index in [0.717, 1.165) is 0 Å². The summed E-state index contributed by atoms with van der Waals surface area (Å²) >= 11 is 5.50. The van der Waals surface area contributed by atoms with Crippen molar-refractivity contribution in [1.82, 2.24) is 0 Å². The zero-order valence-corrected chi connectivity index (χ0v) is 8.21. The van der Waals surface area contributed by atoms with Gasteiger partial charge in [-0.05, 0) is 12.1 Å². The number of carbonyl (C=O) groups excluding carboxylic acids is 1. The monoisotopic (exact) mass is 212 g/mol. The Morgan fingerprint density at radius 3 is 3.14 bits per heavy atom. The van der Waals surface area contributed by atoms with Gasteiger partial charge in [-0.3, -0.25) is 4.79 Å². The van der Waals surface area contributed by atoms with Crippen LogP contribution in [-0.4, -0.2) is 24.9 Å². The summed E-state index contributed by atoms with van der Waals surface area (Å²) in [4.78, 5) is 11.4. The van der Waals surface area contributed by atoms with E-state index in [2.05, 4.69) is 0 Å². The van der Waals surface area contributed by atoms with Crippen LogP contribution in [0.15, 0.2) is 18.2 Å². The molecule has 0 aliphatic carbocycles. The van der Waals surface area contributed by atoms with E-state index in [1.165, 1.54) is 0 Å². The van der Waals surface area contributed by atoms with Gasteiger partial charge in [0.25, 0.3) is 0 Å². The van der Waals surface area contributed by atoms with Crippen molar-refractivity contribution >= 4 is 17.4 Å². The van der Waals surface area contributed by atoms with Gasteiger partial charge >= 0.3 is 0 Å². The number of carbonyl (C=O) groups is 1. The number of ether oxygens (including phenoxy) is 2. The summed E-state index contributed by atoms with van der Waals surface area (Å²) in [6, 6.07) is 5.30. The maximum atomic E-state index is 11.4. The van der Waals surface area contributed by atoms with Crippen LogP contribution >= 0.6 is 11.6 Å². The van der Waals surface area contributed by atoms with Crippen LogP contribution in [0.2, 0.25) is 0 Å². The minimum Gasteiger partial charge on any atom is -0.491 e. The van der Waals surface area contributed by atoms with Crippen LogP contribution in [0.3, 0.4) is 0 Å². The molecule has 1 aromatic rings. The highest BCUT2D eigenvalue weighted by molar-refractivity contribution is 6.18. The molecule has 1 aromatic carbocycles. The van der Waals surface area contributed by atoms with Gasteiger partial charge in [-0.25, -0.2) is 0 Å². The molecule has 0 saturated carbocycles. The number of ketones is 1. The lowest BCUT2D eigenvalue weighted by Gasteiger charge is -2.06. The molecule has 0 atom stereocenters. The number of hydrogen-bond acceptors (Lipinski definition) is 3. The molecule has 0 N–H and O–H groups in total. The lowest BCUT2D eigenvalue weighted by atomic mass is 10.1. The predicted octanol–water partition coefficient (Wildman–Crippen LogP) is 1.88. The third kappa shape index (κ3) is 1.55. The summed E-state index contributed by atoms with van der Waals surface area (Å²) in [5.41, 5.74) is 0.539. The van der Waals surface area contributed by atoms with Crippen molar-refractivity contribution < 1.29 is 14.3 Å². The summed E-state index contributed by atoms with van der Waals surface area (Å²) in [7, 11) is 0. The average molecular weight is 213 g/mol. The first-order valence-corrected chi connectivity index (χ1v) is 4.84. The molecule has 1 aliphatic rings. The first kappa shape index (κ1) is 9.34. The highest BCUT2D eigenvalue weighted by atomic mass is 35.5. The second-order valence-electron chi connectivity index (χ2n) is 2.88. The van der Waals surface area contributed by atoms with E-state index in [9.17, 15) is 4.79 Å². The van der Waals surface area contributed by atoms with Gasteiger partial charge in [0.1, 0.15) is 23.7 Å². The largest absolute Gasteiger partial charge is 0.491 e. The standard InChI is InChI=1S/C10H9ClO3/c11-4-5-13-8-2-1-3-9-10(8)7(12)6-14-9/h1-3H,4-6H2. The van der Waals surface area contributed by atoms with E-state index in [4.69, 9.17) is 21.1 Å². The van der Waals surface area contributed by atoms with E-state index in [1.54, 1.807) is 18.2 Å². The minimum absolute atomic E-state index is 0.0369. The van der Waals surface area contributed by atoms with Crippen LogP contribution in [0.5, 0.6) is 11.5 Å². The zero-order valence-electron chi connectivity index (χ0n) is 7.46. The molecule has 0 unspecified atom stereocenters. The smallest absolute Gasteiger partial charge is 0.207 e. The predicted molar refractivity (Wildman–Crippen MR) is 52.5 cm³/mol. The fourth-order valence-corrected chi connectivity index (χ4v) is 1.47. The molecule has 74 valence electrons. The lowest BCUT2D eigenvalue weighted by Crippen LogP contribution is -2.04. The Bertz CT molecular complexity index is 362. The number of halogens is 1. The summed E-state index contributed by atoms with van der Waals surface area (Å²) in [5, 5.41) is 0. The molecule has 1 aliphatic heterocycles. The third-order valence-electron chi connectivity index (χ3n) is 1.96.